The van der Waals surface area contributed by atoms with Crippen molar-refractivity contribution in [1.29, 1.82) is 0 Å². The lowest BCUT2D eigenvalue weighted by atomic mass is 10.2. The molecule has 3 heterocycles. The zero-order valence-corrected chi connectivity index (χ0v) is 8.42. The number of nitrogens with one attached hydrogen (secondary N) is 1. The SMILES string of the molecule is O=c1ccn2cc(-c3ccncc3)[nH]c2c1. The molecular weight excluding hydrogens is 202 g/mol. The fourth-order valence-corrected chi connectivity index (χ4v) is 1.69. The Bertz CT molecular complexity index is 682. The van der Waals surface area contributed by atoms with E-state index in [2.05, 4.69) is 9.97 Å². The molecule has 0 aliphatic carbocycles. The van der Waals surface area contributed by atoms with Crippen molar-refractivity contribution in [2.45, 2.75) is 0 Å². The monoisotopic (exact) mass is 211 g/mol. The van der Waals surface area contributed by atoms with Crippen LogP contribution >= 0.6 is 0 Å². The number of hydrogen-bond acceptors (Lipinski definition) is 2. The van der Waals surface area contributed by atoms with Gasteiger partial charge in [0.05, 0.1) is 5.69 Å². The van der Waals surface area contributed by atoms with Gasteiger partial charge in [0.2, 0.25) is 0 Å². The summed E-state index contributed by atoms with van der Waals surface area (Å²) in [5, 5.41) is 0. The van der Waals surface area contributed by atoms with Gasteiger partial charge in [-0.2, -0.15) is 0 Å². The highest BCUT2D eigenvalue weighted by molar-refractivity contribution is 5.61. The molecule has 4 heteroatoms. The summed E-state index contributed by atoms with van der Waals surface area (Å²) >= 11 is 0. The highest BCUT2D eigenvalue weighted by atomic mass is 16.1. The lowest BCUT2D eigenvalue weighted by Gasteiger charge is -1.93. The van der Waals surface area contributed by atoms with Crippen molar-refractivity contribution in [3.05, 3.63) is 59.3 Å². The predicted octanol–water partition coefficient (Wildman–Crippen LogP) is 1.69. The summed E-state index contributed by atoms with van der Waals surface area (Å²) in [5.74, 6) is 0. The van der Waals surface area contributed by atoms with Crippen molar-refractivity contribution in [3.63, 3.8) is 0 Å². The number of hydrogen-bond donors (Lipinski definition) is 1. The number of H-pyrrole nitrogens is 1. The molecule has 0 bridgehead atoms. The maximum absolute atomic E-state index is 11.2. The normalized spacial score (nSPS) is 10.8. The number of aromatic amines is 1. The van der Waals surface area contributed by atoms with Crippen LogP contribution in [0.4, 0.5) is 0 Å². The lowest BCUT2D eigenvalue weighted by Crippen LogP contribution is -1.97. The molecule has 16 heavy (non-hydrogen) atoms. The van der Waals surface area contributed by atoms with Crippen LogP contribution in [-0.4, -0.2) is 14.4 Å². The maximum atomic E-state index is 11.2. The van der Waals surface area contributed by atoms with Gasteiger partial charge in [-0.15, -0.1) is 0 Å². The second-order valence-corrected chi connectivity index (χ2v) is 3.56. The van der Waals surface area contributed by atoms with E-state index in [1.807, 2.05) is 22.7 Å². The fraction of sp³-hybridized carbons (Fsp3) is 0. The Hall–Kier alpha value is -2.36. The highest BCUT2D eigenvalue weighted by Crippen LogP contribution is 2.16. The molecule has 0 saturated heterocycles. The molecule has 3 aromatic heterocycles. The molecule has 0 atom stereocenters. The third-order valence-corrected chi connectivity index (χ3v) is 2.48. The average Bonchev–Trinajstić information content (AvgIpc) is 2.73. The Balaban J connectivity index is 2.23. The Morgan fingerprint density at radius 3 is 2.81 bits per heavy atom. The molecular formula is C12H9N3O. The summed E-state index contributed by atoms with van der Waals surface area (Å²) in [6, 6.07) is 6.95. The van der Waals surface area contributed by atoms with Crippen LogP contribution in [0.15, 0.2) is 53.8 Å². The molecule has 4 nitrogen and oxygen atoms in total. The van der Waals surface area contributed by atoms with Crippen molar-refractivity contribution in [2.75, 3.05) is 0 Å². The van der Waals surface area contributed by atoms with E-state index in [1.54, 1.807) is 24.7 Å². The van der Waals surface area contributed by atoms with Crippen LogP contribution in [0, 0.1) is 0 Å². The summed E-state index contributed by atoms with van der Waals surface area (Å²) in [6.45, 7) is 0. The fourth-order valence-electron chi connectivity index (χ4n) is 1.69. The van der Waals surface area contributed by atoms with Gasteiger partial charge in [-0.05, 0) is 12.1 Å². The number of fused-ring (bicyclic) bond motifs is 1. The summed E-state index contributed by atoms with van der Waals surface area (Å²) in [7, 11) is 0. The quantitative estimate of drug-likeness (QED) is 0.665. The van der Waals surface area contributed by atoms with Gasteiger partial charge in [0.1, 0.15) is 5.65 Å². The Labute approximate surface area is 91.2 Å². The first-order chi connectivity index (χ1) is 7.83. The van der Waals surface area contributed by atoms with E-state index < -0.39 is 0 Å². The maximum Gasteiger partial charge on any atom is 0.183 e. The minimum absolute atomic E-state index is 0.00290. The highest BCUT2D eigenvalue weighted by Gasteiger charge is 2.01. The van der Waals surface area contributed by atoms with Crippen LogP contribution in [-0.2, 0) is 0 Å². The molecule has 0 fully saturated rings. The molecule has 0 radical (unpaired) electrons. The minimum Gasteiger partial charge on any atom is -0.340 e. The lowest BCUT2D eigenvalue weighted by molar-refractivity contribution is 1.18. The molecule has 0 spiro atoms. The zero-order chi connectivity index (χ0) is 11.0. The molecule has 3 rings (SSSR count). The van der Waals surface area contributed by atoms with Crippen LogP contribution in [0.25, 0.3) is 16.9 Å². The van der Waals surface area contributed by atoms with E-state index >= 15 is 0 Å². The van der Waals surface area contributed by atoms with Crippen LogP contribution in [0.5, 0.6) is 0 Å². The van der Waals surface area contributed by atoms with E-state index in [0.717, 1.165) is 16.9 Å². The number of pyridine rings is 2. The van der Waals surface area contributed by atoms with Crippen molar-refractivity contribution in [2.24, 2.45) is 0 Å². The van der Waals surface area contributed by atoms with Gasteiger partial charge in [-0.25, -0.2) is 0 Å². The van der Waals surface area contributed by atoms with Gasteiger partial charge in [0, 0.05) is 42.5 Å². The molecule has 0 unspecified atom stereocenters. The van der Waals surface area contributed by atoms with Crippen molar-refractivity contribution >= 4 is 5.65 Å². The van der Waals surface area contributed by atoms with Crippen LogP contribution in [0.3, 0.4) is 0 Å². The molecule has 0 aliphatic rings. The van der Waals surface area contributed by atoms with Crippen LogP contribution in [0.2, 0.25) is 0 Å². The van der Waals surface area contributed by atoms with E-state index in [0.29, 0.717) is 0 Å². The number of imidazole rings is 1. The number of aromatic nitrogens is 3. The third kappa shape index (κ3) is 1.40. The standard InChI is InChI=1S/C12H9N3O/c16-10-3-6-15-8-11(14-12(15)7-10)9-1-4-13-5-2-9/h1-8,14H. The molecule has 0 aliphatic heterocycles. The van der Waals surface area contributed by atoms with Crippen molar-refractivity contribution in [3.8, 4) is 11.3 Å². The molecule has 78 valence electrons. The molecule has 0 amide bonds. The Kier molecular flexibility index (Phi) is 1.86. The van der Waals surface area contributed by atoms with Gasteiger partial charge in [0.15, 0.2) is 5.43 Å². The van der Waals surface area contributed by atoms with Crippen LogP contribution in [0.1, 0.15) is 0 Å². The van der Waals surface area contributed by atoms with Gasteiger partial charge < -0.3 is 9.38 Å². The van der Waals surface area contributed by atoms with Gasteiger partial charge in [-0.3, -0.25) is 9.78 Å². The Morgan fingerprint density at radius 1 is 1.19 bits per heavy atom. The summed E-state index contributed by atoms with van der Waals surface area (Å²) in [6.07, 6.45) is 7.18. The minimum atomic E-state index is 0.00290. The van der Waals surface area contributed by atoms with E-state index in [1.165, 1.54) is 6.07 Å². The van der Waals surface area contributed by atoms with Crippen molar-refractivity contribution in [1.82, 2.24) is 14.4 Å². The summed E-state index contributed by atoms with van der Waals surface area (Å²) < 4.78 is 1.89. The largest absolute Gasteiger partial charge is 0.340 e. The first-order valence-electron chi connectivity index (χ1n) is 4.94. The zero-order valence-electron chi connectivity index (χ0n) is 8.42. The first kappa shape index (κ1) is 8.91. The van der Waals surface area contributed by atoms with Crippen LogP contribution < -0.4 is 5.43 Å². The average molecular weight is 211 g/mol. The van der Waals surface area contributed by atoms with E-state index in [9.17, 15) is 4.79 Å². The molecule has 1 N–H and O–H groups in total. The van der Waals surface area contributed by atoms with Gasteiger partial charge >= 0.3 is 0 Å². The summed E-state index contributed by atoms with van der Waals surface area (Å²) in [5.41, 5.74) is 2.81. The second-order valence-electron chi connectivity index (χ2n) is 3.56. The van der Waals surface area contributed by atoms with Crippen molar-refractivity contribution < 1.29 is 0 Å². The summed E-state index contributed by atoms with van der Waals surface area (Å²) in [4.78, 5) is 18.3. The topological polar surface area (TPSA) is 50.2 Å². The predicted molar refractivity (Wildman–Crippen MR) is 61.2 cm³/mol. The van der Waals surface area contributed by atoms with E-state index in [-0.39, 0.29) is 5.43 Å². The molecule has 0 saturated carbocycles. The second kappa shape index (κ2) is 3.34. The Morgan fingerprint density at radius 2 is 2.00 bits per heavy atom. The van der Waals surface area contributed by atoms with E-state index in [4.69, 9.17) is 0 Å². The third-order valence-electron chi connectivity index (χ3n) is 2.48. The number of nitrogens with zero attached hydrogens (tertiary/aromatic N) is 2. The first-order valence-corrected chi connectivity index (χ1v) is 4.94. The molecule has 0 aromatic carbocycles. The van der Waals surface area contributed by atoms with Gasteiger partial charge in [0.25, 0.3) is 0 Å². The molecule has 3 aromatic rings. The van der Waals surface area contributed by atoms with Gasteiger partial charge in [-0.1, -0.05) is 0 Å². The smallest absolute Gasteiger partial charge is 0.183 e. The number of rotatable bonds is 1.